The van der Waals surface area contributed by atoms with Gasteiger partial charge in [-0.05, 0) is 49.4 Å². The Morgan fingerprint density at radius 2 is 1.88 bits per heavy atom. The van der Waals surface area contributed by atoms with E-state index in [9.17, 15) is 14.4 Å². The molecule has 1 aliphatic heterocycles. The Bertz CT molecular complexity index is 1110. The van der Waals surface area contributed by atoms with Gasteiger partial charge in [0.1, 0.15) is 0 Å². The molecular formula is C25H25NO5S. The van der Waals surface area contributed by atoms with Crippen molar-refractivity contribution in [3.8, 4) is 0 Å². The van der Waals surface area contributed by atoms with Crippen LogP contribution in [0.3, 0.4) is 0 Å². The van der Waals surface area contributed by atoms with Gasteiger partial charge in [-0.2, -0.15) is 0 Å². The summed E-state index contributed by atoms with van der Waals surface area (Å²) in [5, 5.41) is 5.36. The first-order chi connectivity index (χ1) is 15.4. The zero-order valence-corrected chi connectivity index (χ0v) is 19.1. The first-order valence-electron chi connectivity index (χ1n) is 10.6. The van der Waals surface area contributed by atoms with Gasteiger partial charge in [-0.25, -0.2) is 9.59 Å². The molecule has 0 spiro atoms. The molecule has 6 nitrogen and oxygen atoms in total. The van der Waals surface area contributed by atoms with Gasteiger partial charge in [-0.15, -0.1) is 11.3 Å². The number of ether oxygens (including phenoxy) is 2. The van der Waals surface area contributed by atoms with Gasteiger partial charge in [-0.1, -0.05) is 18.2 Å². The number of thiophene rings is 1. The van der Waals surface area contributed by atoms with E-state index < -0.39 is 17.9 Å². The first-order valence-corrected chi connectivity index (χ1v) is 11.4. The largest absolute Gasteiger partial charge is 0.465 e. The number of carbonyl (C=O) groups is 3. The summed E-state index contributed by atoms with van der Waals surface area (Å²) in [7, 11) is 1.33. The van der Waals surface area contributed by atoms with E-state index >= 15 is 0 Å². The van der Waals surface area contributed by atoms with Gasteiger partial charge in [0.05, 0.1) is 24.9 Å². The highest BCUT2D eigenvalue weighted by molar-refractivity contribution is 7.10. The van der Waals surface area contributed by atoms with Crippen LogP contribution in [-0.4, -0.2) is 31.4 Å². The molecule has 1 aliphatic carbocycles. The van der Waals surface area contributed by atoms with E-state index in [2.05, 4.69) is 11.4 Å². The fourth-order valence-corrected chi connectivity index (χ4v) is 5.34. The summed E-state index contributed by atoms with van der Waals surface area (Å²) in [6, 6.07) is 10.9. The molecule has 7 heteroatoms. The first kappa shape index (κ1) is 22.0. The van der Waals surface area contributed by atoms with Crippen molar-refractivity contribution in [3.05, 3.63) is 80.3 Å². The lowest BCUT2D eigenvalue weighted by molar-refractivity contribution is -0.138. The highest BCUT2D eigenvalue weighted by Gasteiger charge is 2.41. The summed E-state index contributed by atoms with van der Waals surface area (Å²) >= 11 is 1.65. The number of hydrogen-bond acceptors (Lipinski definition) is 7. The van der Waals surface area contributed by atoms with Crippen LogP contribution in [0, 0.1) is 0 Å². The maximum absolute atomic E-state index is 13.4. The lowest BCUT2D eigenvalue weighted by atomic mass is 9.72. The minimum atomic E-state index is -0.547. The molecule has 0 unspecified atom stereocenters. The van der Waals surface area contributed by atoms with E-state index in [1.165, 1.54) is 12.0 Å². The van der Waals surface area contributed by atoms with Gasteiger partial charge in [0.2, 0.25) is 0 Å². The predicted molar refractivity (Wildman–Crippen MR) is 121 cm³/mol. The van der Waals surface area contributed by atoms with E-state index in [1.54, 1.807) is 42.5 Å². The fourth-order valence-electron chi connectivity index (χ4n) is 4.51. The SMILES string of the molecule is CCOC(=O)C1=C(C)NC2=C(C(=O)C[C@@H](c3cccs3)C2)[C@H]1c1ccc(C(=O)OC)cc1. The van der Waals surface area contributed by atoms with Crippen molar-refractivity contribution in [2.45, 2.75) is 38.5 Å². The van der Waals surface area contributed by atoms with Crippen molar-refractivity contribution in [2.75, 3.05) is 13.7 Å². The maximum Gasteiger partial charge on any atom is 0.337 e. The second-order valence-electron chi connectivity index (χ2n) is 7.87. The Hall–Kier alpha value is -3.19. The molecule has 1 aromatic heterocycles. The molecule has 166 valence electrons. The van der Waals surface area contributed by atoms with Crippen LogP contribution in [0.25, 0.3) is 0 Å². The number of hydrogen-bond donors (Lipinski definition) is 1. The third-order valence-electron chi connectivity index (χ3n) is 5.93. The summed E-state index contributed by atoms with van der Waals surface area (Å²) in [5.41, 5.74) is 3.75. The molecule has 1 N–H and O–H groups in total. The zero-order valence-electron chi connectivity index (χ0n) is 18.3. The van der Waals surface area contributed by atoms with Crippen molar-refractivity contribution >= 4 is 29.1 Å². The number of carbonyl (C=O) groups excluding carboxylic acids is 3. The number of allylic oxidation sites excluding steroid dienone is 3. The number of dihydropyridines is 1. The molecule has 0 amide bonds. The summed E-state index contributed by atoms with van der Waals surface area (Å²) in [6.07, 6.45) is 1.10. The Morgan fingerprint density at radius 3 is 2.50 bits per heavy atom. The van der Waals surface area contributed by atoms with Crippen LogP contribution in [-0.2, 0) is 19.1 Å². The van der Waals surface area contributed by atoms with Crippen molar-refractivity contribution in [1.82, 2.24) is 5.32 Å². The maximum atomic E-state index is 13.4. The van der Waals surface area contributed by atoms with Crippen LogP contribution in [0.2, 0.25) is 0 Å². The molecule has 0 bridgehead atoms. The Morgan fingerprint density at radius 1 is 1.12 bits per heavy atom. The standard InChI is InChI=1S/C25H25NO5S/c1-4-31-25(29)21-14(2)26-18-12-17(20-6-5-11-32-20)13-19(27)23(18)22(21)15-7-9-16(10-8-15)24(28)30-3/h5-11,17,22,26H,4,12-13H2,1-3H3/t17-,22-/m0/s1. The molecule has 32 heavy (non-hydrogen) atoms. The molecular weight excluding hydrogens is 426 g/mol. The quantitative estimate of drug-likeness (QED) is 0.676. The molecule has 4 rings (SSSR count). The molecule has 0 saturated carbocycles. The summed E-state index contributed by atoms with van der Waals surface area (Å²) in [5.74, 6) is -1.29. The highest BCUT2D eigenvalue weighted by atomic mass is 32.1. The van der Waals surface area contributed by atoms with E-state index in [-0.39, 0.29) is 18.3 Å². The third-order valence-corrected chi connectivity index (χ3v) is 6.97. The third kappa shape index (κ3) is 4.00. The van der Waals surface area contributed by atoms with Crippen LogP contribution < -0.4 is 5.32 Å². The fraction of sp³-hybridized carbons (Fsp3) is 0.320. The monoisotopic (exact) mass is 451 g/mol. The van der Waals surface area contributed by atoms with Crippen LogP contribution in [0.1, 0.15) is 59.3 Å². The lowest BCUT2D eigenvalue weighted by Gasteiger charge is -2.36. The van der Waals surface area contributed by atoms with Crippen LogP contribution in [0.15, 0.2) is 64.3 Å². The molecule has 0 fully saturated rings. The second-order valence-corrected chi connectivity index (χ2v) is 8.85. The topological polar surface area (TPSA) is 81.7 Å². The normalized spacial score (nSPS) is 20.5. The number of esters is 2. The van der Waals surface area contributed by atoms with Crippen molar-refractivity contribution in [3.63, 3.8) is 0 Å². The smallest absolute Gasteiger partial charge is 0.337 e. The number of nitrogens with one attached hydrogen (secondary N) is 1. The lowest BCUT2D eigenvalue weighted by Crippen LogP contribution is -2.36. The van der Waals surface area contributed by atoms with Crippen molar-refractivity contribution in [2.24, 2.45) is 0 Å². The van der Waals surface area contributed by atoms with Gasteiger partial charge in [0.25, 0.3) is 0 Å². The number of ketones is 1. The highest BCUT2D eigenvalue weighted by Crippen LogP contribution is 2.46. The number of benzene rings is 1. The molecule has 0 radical (unpaired) electrons. The average Bonchev–Trinajstić information content (AvgIpc) is 3.33. The molecule has 2 heterocycles. The summed E-state index contributed by atoms with van der Waals surface area (Å²) in [6.45, 7) is 3.83. The van der Waals surface area contributed by atoms with Gasteiger partial charge < -0.3 is 14.8 Å². The number of Topliss-reactive ketones (excluding diaryl/α,β-unsaturated/α-hetero) is 1. The van der Waals surface area contributed by atoms with E-state index in [4.69, 9.17) is 9.47 Å². The molecule has 2 aliphatic rings. The average molecular weight is 452 g/mol. The van der Waals surface area contributed by atoms with Crippen LogP contribution in [0.5, 0.6) is 0 Å². The minimum Gasteiger partial charge on any atom is -0.465 e. The minimum absolute atomic E-state index is 0.0218. The van der Waals surface area contributed by atoms with Gasteiger partial charge in [0.15, 0.2) is 5.78 Å². The second kappa shape index (κ2) is 9.12. The molecule has 2 atom stereocenters. The predicted octanol–water partition coefficient (Wildman–Crippen LogP) is 4.46. The van der Waals surface area contributed by atoms with Crippen LogP contribution in [0.4, 0.5) is 0 Å². The van der Waals surface area contributed by atoms with Gasteiger partial charge in [-0.3, -0.25) is 4.79 Å². The zero-order chi connectivity index (χ0) is 22.8. The Labute approximate surface area is 190 Å². The van der Waals surface area contributed by atoms with E-state index in [1.807, 2.05) is 18.4 Å². The van der Waals surface area contributed by atoms with Crippen molar-refractivity contribution < 1.29 is 23.9 Å². The molecule has 0 saturated heterocycles. The number of methoxy groups -OCH3 is 1. The molecule has 1 aromatic carbocycles. The van der Waals surface area contributed by atoms with E-state index in [0.29, 0.717) is 35.2 Å². The summed E-state index contributed by atoms with van der Waals surface area (Å²) < 4.78 is 10.1. The Kier molecular flexibility index (Phi) is 6.28. The Balaban J connectivity index is 1.79. The van der Waals surface area contributed by atoms with Crippen molar-refractivity contribution in [1.29, 1.82) is 0 Å². The van der Waals surface area contributed by atoms with Crippen LogP contribution >= 0.6 is 11.3 Å². The summed E-state index contributed by atoms with van der Waals surface area (Å²) in [4.78, 5) is 39.4. The van der Waals surface area contributed by atoms with Gasteiger partial charge >= 0.3 is 11.9 Å². The molecule has 2 aromatic rings. The van der Waals surface area contributed by atoms with Gasteiger partial charge in [0, 0.05) is 40.1 Å². The van der Waals surface area contributed by atoms with E-state index in [0.717, 1.165) is 11.3 Å². The number of rotatable bonds is 5.